The average molecular weight is 623 g/mol. The van der Waals surface area contributed by atoms with Crippen LogP contribution in [-0.2, 0) is 14.4 Å². The van der Waals surface area contributed by atoms with E-state index >= 15 is 0 Å². The summed E-state index contributed by atoms with van der Waals surface area (Å²) >= 11 is 0. The van der Waals surface area contributed by atoms with Gasteiger partial charge in [-0.3, -0.25) is 24.6 Å². The van der Waals surface area contributed by atoms with Crippen LogP contribution < -0.4 is 25.8 Å². The Morgan fingerprint density at radius 3 is 1.76 bits per heavy atom. The van der Waals surface area contributed by atoms with E-state index in [0.29, 0.717) is 32.6 Å². The molecule has 46 heavy (non-hydrogen) atoms. The molecule has 0 saturated carbocycles. The molecule has 9 nitrogen and oxygen atoms in total. The van der Waals surface area contributed by atoms with Gasteiger partial charge in [0.25, 0.3) is 0 Å². The maximum Gasteiger partial charge on any atom is 0.230 e. The lowest BCUT2D eigenvalue weighted by Crippen LogP contribution is -2.55. The van der Waals surface area contributed by atoms with Crippen LogP contribution >= 0.6 is 0 Å². The Morgan fingerprint density at radius 2 is 1.20 bits per heavy atom. The first-order valence-electron chi connectivity index (χ1n) is 16.7. The van der Waals surface area contributed by atoms with E-state index in [1.807, 2.05) is 84.3 Å². The first kappa shape index (κ1) is 31.8. The number of amides is 3. The SMILES string of the molecule is CCC(=O)N1c2ccccc2[C@H](NCN2CC(C(=O)Nc3ccc(N[C@@H]4C[C@H](C)N(C(=O)CC)c5ccccc54)cc3)C2)C[C@@H]1C. The fourth-order valence-corrected chi connectivity index (χ4v) is 7.26. The average Bonchev–Trinajstić information content (AvgIpc) is 3.04. The van der Waals surface area contributed by atoms with Crippen molar-refractivity contribution in [3.05, 3.63) is 83.9 Å². The summed E-state index contributed by atoms with van der Waals surface area (Å²) in [4.78, 5) is 44.5. The number of nitrogens with zero attached hydrogens (tertiary/aromatic N) is 3. The summed E-state index contributed by atoms with van der Waals surface area (Å²) in [5.41, 5.74) is 6.02. The summed E-state index contributed by atoms with van der Waals surface area (Å²) in [6, 6.07) is 24.7. The molecular formula is C37H46N6O3. The second kappa shape index (κ2) is 13.6. The maximum absolute atomic E-state index is 13.0. The van der Waals surface area contributed by atoms with Crippen LogP contribution in [0.5, 0.6) is 0 Å². The molecule has 6 rings (SSSR count). The van der Waals surface area contributed by atoms with Crippen molar-refractivity contribution in [1.29, 1.82) is 0 Å². The van der Waals surface area contributed by atoms with E-state index in [2.05, 4.69) is 46.8 Å². The molecular weight excluding hydrogens is 576 g/mol. The molecule has 3 N–H and O–H groups in total. The summed E-state index contributed by atoms with van der Waals surface area (Å²) in [6.07, 6.45) is 2.65. The number of hydrogen-bond acceptors (Lipinski definition) is 6. The van der Waals surface area contributed by atoms with Crippen molar-refractivity contribution in [2.75, 3.05) is 40.2 Å². The van der Waals surface area contributed by atoms with E-state index in [0.717, 1.165) is 46.7 Å². The molecule has 0 radical (unpaired) electrons. The highest BCUT2D eigenvalue weighted by Crippen LogP contribution is 2.40. The molecule has 1 fully saturated rings. The van der Waals surface area contributed by atoms with Gasteiger partial charge in [0.15, 0.2) is 0 Å². The first-order valence-corrected chi connectivity index (χ1v) is 16.7. The van der Waals surface area contributed by atoms with Crippen LogP contribution in [0.3, 0.4) is 0 Å². The number of hydrogen-bond donors (Lipinski definition) is 3. The molecule has 3 aliphatic rings. The van der Waals surface area contributed by atoms with E-state index in [1.165, 1.54) is 0 Å². The molecule has 4 atom stereocenters. The normalized spacial score (nSPS) is 22.8. The van der Waals surface area contributed by atoms with Gasteiger partial charge >= 0.3 is 0 Å². The molecule has 3 heterocycles. The lowest BCUT2D eigenvalue weighted by molar-refractivity contribution is -0.125. The molecule has 0 bridgehead atoms. The largest absolute Gasteiger partial charge is 0.378 e. The predicted molar refractivity (Wildman–Crippen MR) is 184 cm³/mol. The van der Waals surface area contributed by atoms with Crippen molar-refractivity contribution >= 4 is 40.5 Å². The summed E-state index contributed by atoms with van der Waals surface area (Å²) in [5, 5.41) is 10.4. The van der Waals surface area contributed by atoms with Crippen molar-refractivity contribution in [2.24, 2.45) is 5.92 Å². The predicted octanol–water partition coefficient (Wildman–Crippen LogP) is 6.07. The van der Waals surface area contributed by atoms with Crippen LogP contribution in [-0.4, -0.2) is 54.5 Å². The Balaban J connectivity index is 0.994. The van der Waals surface area contributed by atoms with Crippen LogP contribution in [0.1, 0.15) is 76.6 Å². The van der Waals surface area contributed by atoms with Crippen LogP contribution in [0.2, 0.25) is 0 Å². The minimum absolute atomic E-state index is 0.0398. The molecule has 0 unspecified atom stereocenters. The molecule has 3 aliphatic heterocycles. The highest BCUT2D eigenvalue weighted by molar-refractivity contribution is 5.96. The van der Waals surface area contributed by atoms with Crippen LogP contribution in [0.4, 0.5) is 22.7 Å². The minimum Gasteiger partial charge on any atom is -0.378 e. The van der Waals surface area contributed by atoms with E-state index < -0.39 is 0 Å². The molecule has 0 aromatic heterocycles. The zero-order chi connectivity index (χ0) is 32.4. The Morgan fingerprint density at radius 1 is 0.696 bits per heavy atom. The first-order chi connectivity index (χ1) is 22.3. The highest BCUT2D eigenvalue weighted by atomic mass is 16.2. The van der Waals surface area contributed by atoms with E-state index in [9.17, 15) is 14.4 Å². The van der Waals surface area contributed by atoms with Crippen LogP contribution in [0.15, 0.2) is 72.8 Å². The smallest absolute Gasteiger partial charge is 0.230 e. The molecule has 0 aliphatic carbocycles. The summed E-state index contributed by atoms with van der Waals surface area (Å²) in [6.45, 7) is 10.2. The van der Waals surface area contributed by atoms with Crippen molar-refractivity contribution in [1.82, 2.24) is 10.2 Å². The third-order valence-electron chi connectivity index (χ3n) is 9.70. The highest BCUT2D eigenvalue weighted by Gasteiger charge is 2.36. The van der Waals surface area contributed by atoms with Gasteiger partial charge < -0.3 is 20.4 Å². The number of carbonyl (C=O) groups excluding carboxylic acids is 3. The number of benzene rings is 3. The molecule has 0 spiro atoms. The van der Waals surface area contributed by atoms with Gasteiger partial charge in [-0.15, -0.1) is 0 Å². The number of para-hydroxylation sites is 2. The molecule has 3 aromatic carbocycles. The zero-order valence-corrected chi connectivity index (χ0v) is 27.3. The molecule has 3 aromatic rings. The van der Waals surface area contributed by atoms with Crippen molar-refractivity contribution < 1.29 is 14.4 Å². The fourth-order valence-electron chi connectivity index (χ4n) is 7.26. The van der Waals surface area contributed by atoms with E-state index in [-0.39, 0.29) is 47.8 Å². The number of carbonyl (C=O) groups is 3. The Kier molecular flexibility index (Phi) is 9.42. The standard InChI is InChI=1S/C37H46N6O3/c1-5-35(44)42-24(3)19-31(29-11-7-9-13-33(29)42)38-23-41-21-26(22-41)37(46)40-28-17-15-27(16-18-28)39-32-20-25(4)43(36(45)6-2)34-14-10-8-12-30(32)34/h7-18,24-26,31-32,38-39H,5-6,19-23H2,1-4H3,(H,40,46)/t24-,25-,31+,32+/m0/s1. The third kappa shape index (κ3) is 6.39. The van der Waals surface area contributed by atoms with E-state index in [1.54, 1.807) is 0 Å². The minimum atomic E-state index is -0.0520. The maximum atomic E-state index is 13.0. The lowest BCUT2D eigenvalue weighted by atomic mass is 9.91. The van der Waals surface area contributed by atoms with Gasteiger partial charge in [0.05, 0.1) is 12.0 Å². The molecule has 242 valence electrons. The quantitative estimate of drug-likeness (QED) is 0.268. The Labute approximate surface area is 272 Å². The number of rotatable bonds is 9. The van der Waals surface area contributed by atoms with Gasteiger partial charge in [-0.05, 0) is 74.2 Å². The summed E-state index contributed by atoms with van der Waals surface area (Å²) in [5.74, 6) is 0.288. The Hall–Kier alpha value is -4.21. The monoisotopic (exact) mass is 622 g/mol. The zero-order valence-electron chi connectivity index (χ0n) is 27.3. The fraction of sp³-hybridized carbons (Fsp3) is 0.432. The summed E-state index contributed by atoms with van der Waals surface area (Å²) < 4.78 is 0. The third-order valence-corrected chi connectivity index (χ3v) is 9.70. The van der Waals surface area contributed by atoms with Gasteiger partial charge in [-0.2, -0.15) is 0 Å². The summed E-state index contributed by atoms with van der Waals surface area (Å²) in [7, 11) is 0. The van der Waals surface area contributed by atoms with Crippen molar-refractivity contribution in [2.45, 2.75) is 77.5 Å². The lowest BCUT2D eigenvalue weighted by Gasteiger charge is -2.42. The van der Waals surface area contributed by atoms with Gasteiger partial charge in [-0.25, -0.2) is 0 Å². The number of anilines is 4. The van der Waals surface area contributed by atoms with E-state index in [4.69, 9.17) is 0 Å². The Bertz CT molecular complexity index is 1570. The second-order valence-electron chi connectivity index (χ2n) is 12.9. The van der Waals surface area contributed by atoms with Crippen LogP contribution in [0, 0.1) is 5.92 Å². The number of likely N-dealkylation sites (tertiary alicyclic amines) is 1. The molecule has 3 amide bonds. The number of fused-ring (bicyclic) bond motifs is 2. The van der Waals surface area contributed by atoms with Crippen molar-refractivity contribution in [3.8, 4) is 0 Å². The molecule has 1 saturated heterocycles. The van der Waals surface area contributed by atoms with Gasteiger partial charge in [0.1, 0.15) is 0 Å². The molecule has 9 heteroatoms. The van der Waals surface area contributed by atoms with Gasteiger partial charge in [0.2, 0.25) is 17.7 Å². The van der Waals surface area contributed by atoms with Gasteiger partial charge in [0, 0.05) is 73.5 Å². The van der Waals surface area contributed by atoms with Gasteiger partial charge in [-0.1, -0.05) is 50.2 Å². The van der Waals surface area contributed by atoms with Crippen LogP contribution in [0.25, 0.3) is 0 Å². The second-order valence-corrected chi connectivity index (χ2v) is 12.9. The van der Waals surface area contributed by atoms with Crippen molar-refractivity contribution in [3.63, 3.8) is 0 Å². The number of nitrogens with one attached hydrogen (secondary N) is 3. The topological polar surface area (TPSA) is 97.0 Å².